The van der Waals surface area contributed by atoms with Crippen molar-refractivity contribution in [3.8, 4) is 17.6 Å². The summed E-state index contributed by atoms with van der Waals surface area (Å²) in [5.41, 5.74) is 1.59. The zero-order valence-electron chi connectivity index (χ0n) is 18.2. The monoisotopic (exact) mass is 458 g/mol. The van der Waals surface area contributed by atoms with E-state index >= 15 is 0 Å². The van der Waals surface area contributed by atoms with Gasteiger partial charge in [0.25, 0.3) is 5.91 Å². The van der Waals surface area contributed by atoms with E-state index in [9.17, 15) is 18.4 Å². The first-order valence-corrected chi connectivity index (χ1v) is 10.4. The molecule has 0 aromatic heterocycles. The summed E-state index contributed by atoms with van der Waals surface area (Å²) in [7, 11) is 1.35. The molecule has 3 rings (SSSR count). The highest BCUT2D eigenvalue weighted by atomic mass is 19.3. The standard InChI is InChI=1S/C24H24F2N2O5/c1-14(29)32-18-8-9-20(28-23(30)16-5-3-15(13-27)4-6-16)19(12-18)17-7-10-21(33-24(25)26)22(11-17)31-2/h3-7,10-11,18-20,24H,8-9,12H2,1-2H3,(H,28,30). The first kappa shape index (κ1) is 24.0. The van der Waals surface area contributed by atoms with E-state index in [0.29, 0.717) is 30.4 Å². The summed E-state index contributed by atoms with van der Waals surface area (Å²) in [5, 5.41) is 12.0. The minimum Gasteiger partial charge on any atom is -0.493 e. The highest BCUT2D eigenvalue weighted by Crippen LogP contribution is 2.39. The van der Waals surface area contributed by atoms with Crippen molar-refractivity contribution < 1.29 is 32.6 Å². The van der Waals surface area contributed by atoms with Gasteiger partial charge in [0.15, 0.2) is 11.5 Å². The van der Waals surface area contributed by atoms with Gasteiger partial charge in [-0.25, -0.2) is 0 Å². The third kappa shape index (κ3) is 6.19. The number of ether oxygens (including phenoxy) is 3. The maximum Gasteiger partial charge on any atom is 0.387 e. The third-order valence-corrected chi connectivity index (χ3v) is 5.56. The average Bonchev–Trinajstić information content (AvgIpc) is 2.79. The van der Waals surface area contributed by atoms with E-state index in [0.717, 1.165) is 5.56 Å². The summed E-state index contributed by atoms with van der Waals surface area (Å²) in [5.74, 6) is -0.914. The fraction of sp³-hybridized carbons (Fsp3) is 0.375. The third-order valence-electron chi connectivity index (χ3n) is 5.56. The number of hydrogen-bond donors (Lipinski definition) is 1. The Hall–Kier alpha value is -3.67. The van der Waals surface area contributed by atoms with Crippen molar-refractivity contribution >= 4 is 11.9 Å². The number of nitrogens with one attached hydrogen (secondary N) is 1. The fourth-order valence-corrected chi connectivity index (χ4v) is 4.07. The number of carbonyl (C=O) groups excluding carboxylic acids is 2. The summed E-state index contributed by atoms with van der Waals surface area (Å²) < 4.78 is 40.5. The molecule has 9 heteroatoms. The molecule has 1 aliphatic rings. The van der Waals surface area contributed by atoms with Crippen LogP contribution in [0.3, 0.4) is 0 Å². The molecule has 1 aliphatic carbocycles. The van der Waals surface area contributed by atoms with Crippen molar-refractivity contribution in [3.63, 3.8) is 0 Å². The predicted molar refractivity (Wildman–Crippen MR) is 114 cm³/mol. The van der Waals surface area contributed by atoms with Crippen LogP contribution in [0, 0.1) is 11.3 Å². The normalized spacial score (nSPS) is 19.9. The maximum atomic E-state index is 12.8. The van der Waals surface area contributed by atoms with Gasteiger partial charge in [0.2, 0.25) is 0 Å². The van der Waals surface area contributed by atoms with Crippen LogP contribution in [-0.4, -0.2) is 37.7 Å². The average molecular weight is 458 g/mol. The number of halogens is 2. The number of amides is 1. The van der Waals surface area contributed by atoms with Crippen molar-refractivity contribution in [3.05, 3.63) is 59.2 Å². The molecule has 0 aliphatic heterocycles. The molecule has 0 radical (unpaired) electrons. The van der Waals surface area contributed by atoms with Crippen molar-refractivity contribution in [2.75, 3.05) is 7.11 Å². The molecule has 0 bridgehead atoms. The van der Waals surface area contributed by atoms with Crippen molar-refractivity contribution in [2.24, 2.45) is 0 Å². The number of nitriles is 1. The fourth-order valence-electron chi connectivity index (χ4n) is 4.07. The van der Waals surface area contributed by atoms with E-state index < -0.39 is 12.6 Å². The summed E-state index contributed by atoms with van der Waals surface area (Å²) in [6.07, 6.45) is 1.22. The van der Waals surface area contributed by atoms with Crippen LogP contribution in [0.25, 0.3) is 0 Å². The van der Waals surface area contributed by atoms with E-state index in [1.807, 2.05) is 6.07 Å². The van der Waals surface area contributed by atoms with Crippen molar-refractivity contribution in [1.29, 1.82) is 5.26 Å². The van der Waals surface area contributed by atoms with Gasteiger partial charge < -0.3 is 19.5 Å². The molecule has 0 saturated heterocycles. The quantitative estimate of drug-likeness (QED) is 0.626. The van der Waals surface area contributed by atoms with Crippen LogP contribution < -0.4 is 14.8 Å². The molecule has 2 aromatic rings. The van der Waals surface area contributed by atoms with Crippen LogP contribution in [0.15, 0.2) is 42.5 Å². The lowest BCUT2D eigenvalue weighted by Crippen LogP contribution is -2.44. The first-order chi connectivity index (χ1) is 15.8. The zero-order chi connectivity index (χ0) is 24.0. The van der Waals surface area contributed by atoms with Crippen molar-refractivity contribution in [2.45, 2.75) is 50.9 Å². The van der Waals surface area contributed by atoms with E-state index in [1.165, 1.54) is 20.1 Å². The zero-order valence-corrected chi connectivity index (χ0v) is 18.2. The smallest absolute Gasteiger partial charge is 0.387 e. The van der Waals surface area contributed by atoms with Gasteiger partial charge in [0, 0.05) is 24.4 Å². The maximum absolute atomic E-state index is 12.8. The Morgan fingerprint density at radius 2 is 1.85 bits per heavy atom. The molecule has 1 fully saturated rings. The molecule has 0 spiro atoms. The molecule has 0 heterocycles. The topological polar surface area (TPSA) is 97.6 Å². The van der Waals surface area contributed by atoms with Gasteiger partial charge in [-0.1, -0.05) is 6.07 Å². The lowest BCUT2D eigenvalue weighted by atomic mass is 9.78. The molecule has 1 N–H and O–H groups in total. The molecule has 3 unspecified atom stereocenters. The number of methoxy groups -OCH3 is 1. The van der Waals surface area contributed by atoms with Crippen LogP contribution in [0.1, 0.15) is 53.6 Å². The molecule has 7 nitrogen and oxygen atoms in total. The minimum absolute atomic E-state index is 0.0956. The van der Waals surface area contributed by atoms with E-state index in [1.54, 1.807) is 36.4 Å². The van der Waals surface area contributed by atoms with Crippen LogP contribution in [0.4, 0.5) is 8.78 Å². The van der Waals surface area contributed by atoms with Gasteiger partial charge in [-0.2, -0.15) is 14.0 Å². The molecular formula is C24H24F2N2O5. The molecular weight excluding hydrogens is 434 g/mol. The SMILES string of the molecule is COc1cc(C2CC(OC(C)=O)CCC2NC(=O)c2ccc(C#N)cc2)ccc1OC(F)F. The number of benzene rings is 2. The molecule has 33 heavy (non-hydrogen) atoms. The van der Waals surface area contributed by atoms with Crippen LogP contribution in [0.2, 0.25) is 0 Å². The Morgan fingerprint density at radius 1 is 1.12 bits per heavy atom. The van der Waals surface area contributed by atoms with Crippen LogP contribution in [0.5, 0.6) is 11.5 Å². The molecule has 2 aromatic carbocycles. The Labute approximate surface area is 190 Å². The highest BCUT2D eigenvalue weighted by molar-refractivity contribution is 5.94. The van der Waals surface area contributed by atoms with E-state index in [2.05, 4.69) is 10.1 Å². The lowest BCUT2D eigenvalue weighted by Gasteiger charge is -2.36. The largest absolute Gasteiger partial charge is 0.493 e. The van der Waals surface area contributed by atoms with E-state index in [-0.39, 0.29) is 35.5 Å². The molecule has 1 saturated carbocycles. The Kier molecular flexibility index (Phi) is 7.83. The number of rotatable bonds is 7. The van der Waals surface area contributed by atoms with Gasteiger partial charge in [-0.15, -0.1) is 0 Å². The second kappa shape index (κ2) is 10.8. The number of nitrogens with zero attached hydrogens (tertiary/aromatic N) is 1. The summed E-state index contributed by atoms with van der Waals surface area (Å²) >= 11 is 0. The first-order valence-electron chi connectivity index (χ1n) is 10.4. The molecule has 174 valence electrons. The second-order valence-electron chi connectivity index (χ2n) is 7.71. The number of hydrogen-bond acceptors (Lipinski definition) is 6. The number of carbonyl (C=O) groups is 2. The Morgan fingerprint density at radius 3 is 2.45 bits per heavy atom. The van der Waals surface area contributed by atoms with Crippen LogP contribution >= 0.6 is 0 Å². The van der Waals surface area contributed by atoms with Gasteiger partial charge >= 0.3 is 12.6 Å². The summed E-state index contributed by atoms with van der Waals surface area (Å²) in [6.45, 7) is -1.65. The second-order valence-corrected chi connectivity index (χ2v) is 7.71. The van der Waals surface area contributed by atoms with Gasteiger partial charge in [-0.05, 0) is 61.2 Å². The van der Waals surface area contributed by atoms with Gasteiger partial charge in [-0.3, -0.25) is 9.59 Å². The lowest BCUT2D eigenvalue weighted by molar-refractivity contribution is -0.148. The predicted octanol–water partition coefficient (Wildman–Crippen LogP) is 4.17. The number of alkyl halides is 2. The molecule has 3 atom stereocenters. The van der Waals surface area contributed by atoms with Crippen molar-refractivity contribution in [1.82, 2.24) is 5.32 Å². The Balaban J connectivity index is 1.86. The summed E-state index contributed by atoms with van der Waals surface area (Å²) in [4.78, 5) is 24.3. The molecule has 1 amide bonds. The highest BCUT2D eigenvalue weighted by Gasteiger charge is 2.34. The minimum atomic E-state index is -2.99. The van der Waals surface area contributed by atoms with E-state index in [4.69, 9.17) is 14.7 Å². The van der Waals surface area contributed by atoms with Gasteiger partial charge in [0.1, 0.15) is 6.10 Å². The van der Waals surface area contributed by atoms with Crippen LogP contribution in [-0.2, 0) is 9.53 Å². The Bertz CT molecular complexity index is 1040. The van der Waals surface area contributed by atoms with Gasteiger partial charge in [0.05, 0.1) is 18.7 Å². The number of esters is 1. The summed E-state index contributed by atoms with van der Waals surface area (Å²) in [6, 6.07) is 12.6.